The van der Waals surface area contributed by atoms with Crippen molar-refractivity contribution in [2.75, 3.05) is 25.0 Å². The number of carbonyl (C=O) groups excluding carboxylic acids is 3. The monoisotopic (exact) mass is 548 g/mol. The Morgan fingerprint density at radius 2 is 1.72 bits per heavy atom. The SMILES string of the molecule is CN1C(=O)CCc2cc(C(=O)CCCCN(CCc3ccccc3OC(F)(F)F)C(=O)OC(C)(C)C)ccc21. The number of fused-ring (bicyclic) bond motifs is 1. The van der Waals surface area contributed by atoms with Gasteiger partial charge in [-0.25, -0.2) is 4.79 Å². The highest BCUT2D eigenvalue weighted by Gasteiger charge is 2.32. The molecule has 0 aliphatic carbocycles. The number of hydrogen-bond donors (Lipinski definition) is 0. The van der Waals surface area contributed by atoms with E-state index in [9.17, 15) is 27.6 Å². The summed E-state index contributed by atoms with van der Waals surface area (Å²) < 4.78 is 48.0. The summed E-state index contributed by atoms with van der Waals surface area (Å²) in [6.07, 6.45) is -2.95. The molecular formula is C29H35F3N2O5. The van der Waals surface area contributed by atoms with Crippen molar-refractivity contribution in [3.8, 4) is 5.75 Å². The first-order chi connectivity index (χ1) is 18.2. The number of aryl methyl sites for hydroxylation is 1. The van der Waals surface area contributed by atoms with Gasteiger partial charge in [0.15, 0.2) is 5.78 Å². The Labute approximate surface area is 226 Å². The summed E-state index contributed by atoms with van der Waals surface area (Å²) in [4.78, 5) is 40.6. The van der Waals surface area contributed by atoms with Gasteiger partial charge in [0.05, 0.1) is 0 Å². The van der Waals surface area contributed by atoms with E-state index >= 15 is 0 Å². The van der Waals surface area contributed by atoms with Crippen molar-refractivity contribution in [1.82, 2.24) is 4.90 Å². The summed E-state index contributed by atoms with van der Waals surface area (Å²) in [7, 11) is 1.72. The van der Waals surface area contributed by atoms with Crippen molar-refractivity contribution in [1.29, 1.82) is 0 Å². The molecule has 0 aromatic heterocycles. The van der Waals surface area contributed by atoms with E-state index in [4.69, 9.17) is 4.74 Å². The van der Waals surface area contributed by atoms with Gasteiger partial charge in [0, 0.05) is 44.2 Å². The first-order valence-electron chi connectivity index (χ1n) is 13.0. The van der Waals surface area contributed by atoms with Gasteiger partial charge in [-0.3, -0.25) is 9.59 Å². The second-order valence-corrected chi connectivity index (χ2v) is 10.5. The van der Waals surface area contributed by atoms with Crippen LogP contribution in [0.5, 0.6) is 5.75 Å². The number of para-hydroxylation sites is 1. The van der Waals surface area contributed by atoms with Crippen molar-refractivity contribution in [2.45, 2.75) is 71.3 Å². The number of Topliss-reactive ketones (excluding diaryl/α,β-unsaturated/α-hetero) is 1. The average Bonchev–Trinajstić information content (AvgIpc) is 2.84. The number of nitrogens with zero attached hydrogens (tertiary/aromatic N) is 2. The summed E-state index contributed by atoms with van der Waals surface area (Å²) >= 11 is 0. The van der Waals surface area contributed by atoms with Crippen LogP contribution in [0.25, 0.3) is 0 Å². The predicted octanol–water partition coefficient (Wildman–Crippen LogP) is 6.33. The molecule has 2 amide bonds. The lowest BCUT2D eigenvalue weighted by molar-refractivity contribution is -0.274. The first kappa shape index (κ1) is 30.0. The zero-order chi connectivity index (χ0) is 28.8. The lowest BCUT2D eigenvalue weighted by atomic mass is 9.96. The Kier molecular flexibility index (Phi) is 9.63. The molecule has 0 N–H and O–H groups in total. The van der Waals surface area contributed by atoms with Gasteiger partial charge in [-0.05, 0) is 81.8 Å². The second kappa shape index (κ2) is 12.5. The molecule has 1 aliphatic rings. The summed E-state index contributed by atoms with van der Waals surface area (Å²) in [5.74, 6) is -0.285. The fourth-order valence-corrected chi connectivity index (χ4v) is 4.37. The van der Waals surface area contributed by atoms with E-state index < -0.39 is 18.1 Å². The number of rotatable bonds is 10. The number of amides is 2. The van der Waals surface area contributed by atoms with Crippen molar-refractivity contribution < 1.29 is 37.0 Å². The molecular weight excluding hydrogens is 513 g/mol. The maximum atomic E-state index is 12.8. The standard InChI is InChI=1S/C29H35F3N2O5/c1-28(2,3)39-27(37)34(18-16-20-9-5-6-11-25(20)38-29(30,31)32)17-8-7-10-24(35)22-12-14-23-21(19-22)13-15-26(36)33(23)4/h5-6,9,11-12,14,19H,7-8,10,13,15-18H2,1-4H3. The van der Waals surface area contributed by atoms with Crippen LogP contribution < -0.4 is 9.64 Å². The van der Waals surface area contributed by atoms with E-state index in [-0.39, 0.29) is 43.4 Å². The third kappa shape index (κ3) is 9.01. The van der Waals surface area contributed by atoms with Crippen molar-refractivity contribution in [2.24, 2.45) is 0 Å². The molecule has 3 rings (SSSR count). The number of hydrogen-bond acceptors (Lipinski definition) is 5. The molecule has 7 nitrogen and oxygen atoms in total. The van der Waals surface area contributed by atoms with Gasteiger partial charge in [0.1, 0.15) is 11.4 Å². The number of ketones is 1. The molecule has 1 heterocycles. The van der Waals surface area contributed by atoms with Crippen LogP contribution in [-0.2, 0) is 22.4 Å². The van der Waals surface area contributed by atoms with Gasteiger partial charge >= 0.3 is 12.5 Å². The number of halogens is 3. The van der Waals surface area contributed by atoms with Crippen LogP contribution in [0.15, 0.2) is 42.5 Å². The number of anilines is 1. The molecule has 0 saturated heterocycles. The van der Waals surface area contributed by atoms with Crippen molar-refractivity contribution >= 4 is 23.5 Å². The Hall–Kier alpha value is -3.56. The maximum absolute atomic E-state index is 12.8. The van der Waals surface area contributed by atoms with Gasteiger partial charge in [0.2, 0.25) is 5.91 Å². The number of benzene rings is 2. The molecule has 0 atom stereocenters. The van der Waals surface area contributed by atoms with Gasteiger partial charge in [-0.15, -0.1) is 13.2 Å². The minimum atomic E-state index is -4.82. The Morgan fingerprint density at radius 1 is 1.00 bits per heavy atom. The van der Waals surface area contributed by atoms with Crippen LogP contribution in [0.2, 0.25) is 0 Å². The van der Waals surface area contributed by atoms with Crippen LogP contribution in [0.1, 0.15) is 67.9 Å². The molecule has 0 bridgehead atoms. The minimum absolute atomic E-state index is 0.0283. The lowest BCUT2D eigenvalue weighted by Gasteiger charge is -2.28. The van der Waals surface area contributed by atoms with Crippen molar-refractivity contribution in [3.05, 3.63) is 59.2 Å². The Morgan fingerprint density at radius 3 is 2.41 bits per heavy atom. The third-order valence-electron chi connectivity index (χ3n) is 6.33. The first-order valence-corrected chi connectivity index (χ1v) is 13.0. The van der Waals surface area contributed by atoms with E-state index in [2.05, 4.69) is 4.74 Å². The number of unbranched alkanes of at least 4 members (excludes halogenated alkanes) is 1. The minimum Gasteiger partial charge on any atom is -0.444 e. The Balaban J connectivity index is 1.59. The summed E-state index contributed by atoms with van der Waals surface area (Å²) in [6, 6.07) is 11.2. The highest BCUT2D eigenvalue weighted by Crippen LogP contribution is 2.29. The Bertz CT molecular complexity index is 1190. The van der Waals surface area contributed by atoms with Crippen LogP contribution in [0.3, 0.4) is 0 Å². The van der Waals surface area contributed by atoms with Crippen LogP contribution in [0, 0.1) is 0 Å². The lowest BCUT2D eigenvalue weighted by Crippen LogP contribution is -2.38. The summed E-state index contributed by atoms with van der Waals surface area (Å²) in [5.41, 5.74) is 1.94. The molecule has 212 valence electrons. The summed E-state index contributed by atoms with van der Waals surface area (Å²) in [5, 5.41) is 0. The molecule has 0 fully saturated rings. The molecule has 0 saturated carbocycles. The molecule has 2 aromatic carbocycles. The third-order valence-corrected chi connectivity index (χ3v) is 6.33. The zero-order valence-electron chi connectivity index (χ0n) is 22.8. The van der Waals surface area contributed by atoms with E-state index in [1.54, 1.807) is 50.9 Å². The molecule has 2 aromatic rings. The smallest absolute Gasteiger partial charge is 0.444 e. The number of alkyl halides is 3. The number of carbonyl (C=O) groups is 3. The second-order valence-electron chi connectivity index (χ2n) is 10.5. The van der Waals surface area contributed by atoms with E-state index in [0.29, 0.717) is 36.8 Å². The summed E-state index contributed by atoms with van der Waals surface area (Å²) in [6.45, 7) is 5.61. The van der Waals surface area contributed by atoms with Crippen molar-refractivity contribution in [3.63, 3.8) is 0 Å². The fraction of sp³-hybridized carbons (Fsp3) is 0.483. The molecule has 0 unspecified atom stereocenters. The van der Waals surface area contributed by atoms with Gasteiger partial charge in [-0.1, -0.05) is 18.2 Å². The molecule has 0 radical (unpaired) electrons. The molecule has 39 heavy (non-hydrogen) atoms. The molecule has 10 heteroatoms. The molecule has 1 aliphatic heterocycles. The van der Waals surface area contributed by atoms with E-state index in [0.717, 1.165) is 11.3 Å². The van der Waals surface area contributed by atoms with Crippen LogP contribution >= 0.6 is 0 Å². The largest absolute Gasteiger partial charge is 0.573 e. The number of ether oxygens (including phenoxy) is 2. The normalized spacial score (nSPS) is 13.6. The van der Waals surface area contributed by atoms with Crippen LogP contribution in [-0.4, -0.2) is 54.8 Å². The predicted molar refractivity (Wildman–Crippen MR) is 141 cm³/mol. The maximum Gasteiger partial charge on any atom is 0.573 e. The van der Waals surface area contributed by atoms with Gasteiger partial charge in [-0.2, -0.15) is 0 Å². The van der Waals surface area contributed by atoms with Gasteiger partial charge < -0.3 is 19.3 Å². The van der Waals surface area contributed by atoms with Gasteiger partial charge in [0.25, 0.3) is 0 Å². The van der Waals surface area contributed by atoms with E-state index in [1.165, 1.54) is 23.1 Å². The highest BCUT2D eigenvalue weighted by molar-refractivity contribution is 5.99. The zero-order valence-corrected chi connectivity index (χ0v) is 22.8. The average molecular weight is 549 g/mol. The quantitative estimate of drug-likeness (QED) is 0.256. The van der Waals surface area contributed by atoms with E-state index in [1.807, 2.05) is 6.07 Å². The molecule has 0 spiro atoms. The highest BCUT2D eigenvalue weighted by atomic mass is 19.4. The fourth-order valence-electron chi connectivity index (χ4n) is 4.37. The van der Waals surface area contributed by atoms with Crippen LogP contribution in [0.4, 0.5) is 23.7 Å². The topological polar surface area (TPSA) is 76.2 Å².